The van der Waals surface area contributed by atoms with Gasteiger partial charge in [0, 0.05) is 24.3 Å². The van der Waals surface area contributed by atoms with Gasteiger partial charge in [-0.25, -0.2) is 16.8 Å². The standard InChI is InChI=1S/C16H16N2O11S2/c19-5-7-30(25,26)11-1-3-13(17(21)22)15(9-11)29-16-10-12(31(27,28)8-6-20)2-4-14(16)18(23)24/h1-4,9-10,19-20H,5-8H2. The van der Waals surface area contributed by atoms with Crippen molar-refractivity contribution in [2.24, 2.45) is 0 Å². The lowest BCUT2D eigenvalue weighted by molar-refractivity contribution is -0.387. The molecule has 13 nitrogen and oxygen atoms in total. The zero-order chi connectivity index (χ0) is 23.4. The van der Waals surface area contributed by atoms with Crippen molar-refractivity contribution in [1.82, 2.24) is 0 Å². The number of sulfone groups is 2. The van der Waals surface area contributed by atoms with Crippen LogP contribution < -0.4 is 4.74 Å². The fourth-order valence-corrected chi connectivity index (χ4v) is 4.51. The normalized spacial score (nSPS) is 11.8. The molecule has 15 heteroatoms. The van der Waals surface area contributed by atoms with Crippen LogP contribution in [0.5, 0.6) is 11.5 Å². The maximum absolute atomic E-state index is 12.2. The lowest BCUT2D eigenvalue weighted by Gasteiger charge is -2.11. The van der Waals surface area contributed by atoms with E-state index in [0.717, 1.165) is 36.4 Å². The van der Waals surface area contributed by atoms with Crippen molar-refractivity contribution < 1.29 is 41.6 Å². The highest BCUT2D eigenvalue weighted by Gasteiger charge is 2.26. The molecule has 2 aromatic rings. The molecule has 0 atom stereocenters. The first-order valence-electron chi connectivity index (χ1n) is 8.35. The summed E-state index contributed by atoms with van der Waals surface area (Å²) in [5, 5.41) is 40.4. The number of aliphatic hydroxyl groups is 2. The molecule has 0 fully saturated rings. The first-order chi connectivity index (χ1) is 14.4. The molecule has 0 saturated carbocycles. The van der Waals surface area contributed by atoms with Crippen molar-refractivity contribution in [2.75, 3.05) is 24.7 Å². The molecular weight excluding hydrogens is 460 g/mol. The largest absolute Gasteiger partial charge is 0.443 e. The lowest BCUT2D eigenvalue weighted by Crippen LogP contribution is -2.11. The minimum absolute atomic E-state index is 0.450. The third kappa shape index (κ3) is 5.52. The predicted octanol–water partition coefficient (Wildman–Crippen LogP) is 0.827. The van der Waals surface area contributed by atoms with Gasteiger partial charge in [-0.15, -0.1) is 0 Å². The molecule has 168 valence electrons. The van der Waals surface area contributed by atoms with Crippen LogP contribution in [0.2, 0.25) is 0 Å². The van der Waals surface area contributed by atoms with Gasteiger partial charge in [0.05, 0.1) is 44.4 Å². The summed E-state index contributed by atoms with van der Waals surface area (Å²) in [4.78, 5) is 19.9. The third-order valence-electron chi connectivity index (χ3n) is 3.91. The molecular formula is C16H16N2O11S2. The summed E-state index contributed by atoms with van der Waals surface area (Å²) in [6.07, 6.45) is 0. The summed E-state index contributed by atoms with van der Waals surface area (Å²) in [6, 6.07) is 4.93. The Labute approximate surface area is 175 Å². The minimum Gasteiger partial charge on any atom is -0.443 e. The predicted molar refractivity (Wildman–Crippen MR) is 105 cm³/mol. The molecule has 0 aliphatic rings. The SMILES string of the molecule is O=[N+]([O-])c1ccc(S(=O)(=O)CCO)cc1Oc1cc(S(=O)(=O)CCO)ccc1[N+](=O)[O-]. The van der Waals surface area contributed by atoms with Crippen LogP contribution in [-0.2, 0) is 19.7 Å². The number of hydrogen-bond donors (Lipinski definition) is 2. The number of ether oxygens (including phenoxy) is 1. The number of aliphatic hydroxyl groups excluding tert-OH is 2. The summed E-state index contributed by atoms with van der Waals surface area (Å²) < 4.78 is 53.9. The third-order valence-corrected chi connectivity index (χ3v) is 7.30. The number of hydrogen-bond acceptors (Lipinski definition) is 11. The summed E-state index contributed by atoms with van der Waals surface area (Å²) in [5.74, 6) is -2.74. The van der Waals surface area contributed by atoms with Gasteiger partial charge < -0.3 is 14.9 Å². The monoisotopic (exact) mass is 476 g/mol. The second-order valence-corrected chi connectivity index (χ2v) is 10.2. The summed E-state index contributed by atoms with van der Waals surface area (Å²) in [6.45, 7) is -1.43. The van der Waals surface area contributed by atoms with E-state index in [4.69, 9.17) is 14.9 Å². The van der Waals surface area contributed by atoms with Gasteiger partial charge >= 0.3 is 11.4 Å². The van der Waals surface area contributed by atoms with Crippen LogP contribution in [0.4, 0.5) is 11.4 Å². The Bertz CT molecular complexity index is 1130. The summed E-state index contributed by atoms with van der Waals surface area (Å²) in [5.41, 5.74) is -1.47. The topological polar surface area (TPSA) is 204 Å². The highest BCUT2D eigenvalue weighted by Crippen LogP contribution is 2.38. The maximum atomic E-state index is 12.2. The Morgan fingerprint density at radius 3 is 1.39 bits per heavy atom. The molecule has 0 radical (unpaired) electrons. The van der Waals surface area contributed by atoms with Gasteiger partial charge in [0.25, 0.3) is 0 Å². The summed E-state index contributed by atoms with van der Waals surface area (Å²) >= 11 is 0. The molecule has 0 heterocycles. The Morgan fingerprint density at radius 1 is 0.742 bits per heavy atom. The van der Waals surface area contributed by atoms with Gasteiger partial charge in [0.2, 0.25) is 11.5 Å². The zero-order valence-electron chi connectivity index (χ0n) is 15.6. The van der Waals surface area contributed by atoms with Gasteiger partial charge in [0.15, 0.2) is 19.7 Å². The van der Waals surface area contributed by atoms with Crippen molar-refractivity contribution in [1.29, 1.82) is 0 Å². The van der Waals surface area contributed by atoms with E-state index in [0.29, 0.717) is 0 Å². The highest BCUT2D eigenvalue weighted by atomic mass is 32.2. The van der Waals surface area contributed by atoms with E-state index >= 15 is 0 Å². The number of nitrogens with zero attached hydrogens (tertiary/aromatic N) is 2. The molecule has 0 bridgehead atoms. The van der Waals surface area contributed by atoms with E-state index in [1.54, 1.807) is 0 Å². The van der Waals surface area contributed by atoms with Crippen LogP contribution in [0, 0.1) is 20.2 Å². The Morgan fingerprint density at radius 2 is 1.10 bits per heavy atom. The number of nitro benzene ring substituents is 2. The molecule has 0 aromatic heterocycles. The van der Waals surface area contributed by atoms with Crippen LogP contribution in [0.3, 0.4) is 0 Å². The molecule has 2 N–H and O–H groups in total. The van der Waals surface area contributed by atoms with Crippen molar-refractivity contribution in [3.05, 3.63) is 56.6 Å². The van der Waals surface area contributed by atoms with Gasteiger partial charge in [-0.3, -0.25) is 20.2 Å². The number of benzene rings is 2. The fourth-order valence-electron chi connectivity index (χ4n) is 2.44. The molecule has 0 aliphatic carbocycles. The van der Waals surface area contributed by atoms with E-state index in [-0.39, 0.29) is 0 Å². The second kappa shape index (κ2) is 9.34. The molecule has 31 heavy (non-hydrogen) atoms. The summed E-state index contributed by atoms with van der Waals surface area (Å²) in [7, 11) is -8.09. The van der Waals surface area contributed by atoms with Crippen LogP contribution >= 0.6 is 0 Å². The molecule has 0 aliphatic heterocycles. The van der Waals surface area contributed by atoms with E-state index < -0.39 is 86.9 Å². The van der Waals surface area contributed by atoms with E-state index in [1.165, 1.54) is 0 Å². The number of nitro groups is 2. The van der Waals surface area contributed by atoms with Crippen LogP contribution in [0.25, 0.3) is 0 Å². The van der Waals surface area contributed by atoms with Gasteiger partial charge in [0.1, 0.15) is 0 Å². The molecule has 0 spiro atoms. The van der Waals surface area contributed by atoms with Crippen LogP contribution in [-0.4, -0.2) is 61.6 Å². The smallest absolute Gasteiger partial charge is 0.311 e. The van der Waals surface area contributed by atoms with Gasteiger partial charge in [-0.2, -0.15) is 0 Å². The lowest BCUT2D eigenvalue weighted by atomic mass is 10.2. The fraction of sp³-hybridized carbons (Fsp3) is 0.250. The second-order valence-electron chi connectivity index (χ2n) is 5.96. The molecule has 0 saturated heterocycles. The van der Waals surface area contributed by atoms with Crippen molar-refractivity contribution >= 4 is 31.0 Å². The first-order valence-corrected chi connectivity index (χ1v) is 11.7. The average Bonchev–Trinajstić information content (AvgIpc) is 2.67. The first kappa shape index (κ1) is 24.1. The molecule has 0 amide bonds. The molecule has 2 aromatic carbocycles. The Kier molecular flexibility index (Phi) is 7.27. The minimum atomic E-state index is -4.04. The van der Waals surface area contributed by atoms with E-state index in [9.17, 15) is 37.1 Å². The zero-order valence-corrected chi connectivity index (χ0v) is 17.2. The molecule has 2 rings (SSSR count). The Balaban J connectivity index is 2.67. The highest BCUT2D eigenvalue weighted by molar-refractivity contribution is 7.91. The van der Waals surface area contributed by atoms with Crippen molar-refractivity contribution in [3.63, 3.8) is 0 Å². The van der Waals surface area contributed by atoms with Crippen molar-refractivity contribution in [2.45, 2.75) is 9.79 Å². The number of rotatable bonds is 10. The van der Waals surface area contributed by atoms with E-state index in [1.807, 2.05) is 0 Å². The Hall–Kier alpha value is -3.14. The maximum Gasteiger partial charge on any atom is 0.311 e. The van der Waals surface area contributed by atoms with E-state index in [2.05, 4.69) is 0 Å². The van der Waals surface area contributed by atoms with Crippen LogP contribution in [0.15, 0.2) is 46.2 Å². The quantitative estimate of drug-likeness (QED) is 0.363. The van der Waals surface area contributed by atoms with Gasteiger partial charge in [-0.05, 0) is 12.1 Å². The van der Waals surface area contributed by atoms with Gasteiger partial charge in [-0.1, -0.05) is 0 Å². The molecule has 0 unspecified atom stereocenters. The van der Waals surface area contributed by atoms with Crippen LogP contribution in [0.1, 0.15) is 0 Å². The van der Waals surface area contributed by atoms with Crippen molar-refractivity contribution in [3.8, 4) is 11.5 Å². The average molecular weight is 476 g/mol.